The Balaban J connectivity index is 1.64. The van der Waals surface area contributed by atoms with E-state index in [1.54, 1.807) is 6.92 Å². The number of carboxylic acid groups (broad SMARTS) is 1. The molecule has 2 aliphatic heterocycles. The van der Waals surface area contributed by atoms with Crippen molar-refractivity contribution in [3.8, 4) is 5.13 Å². The molecule has 0 unspecified atom stereocenters. The Morgan fingerprint density at radius 1 is 1.41 bits per heavy atom. The van der Waals surface area contributed by atoms with Crippen molar-refractivity contribution < 1.29 is 14.6 Å². The van der Waals surface area contributed by atoms with Crippen LogP contribution in [0.3, 0.4) is 0 Å². The van der Waals surface area contributed by atoms with Crippen LogP contribution in [-0.2, 0) is 4.74 Å². The Bertz CT molecular complexity index is 1160. The van der Waals surface area contributed by atoms with Gasteiger partial charge in [0.2, 0.25) is 10.6 Å². The molecule has 5 rings (SSSR count). The van der Waals surface area contributed by atoms with Crippen molar-refractivity contribution in [1.29, 1.82) is 0 Å². The van der Waals surface area contributed by atoms with Crippen molar-refractivity contribution >= 4 is 34.4 Å². The van der Waals surface area contributed by atoms with Gasteiger partial charge in [0.1, 0.15) is 23.3 Å². The van der Waals surface area contributed by atoms with E-state index in [1.807, 2.05) is 6.07 Å². The number of fused-ring (bicyclic) bond motifs is 1. The molecule has 11 heteroatoms. The molecule has 0 aliphatic carbocycles. The van der Waals surface area contributed by atoms with Crippen LogP contribution in [0.25, 0.3) is 16.2 Å². The number of morpholine rings is 1. The maximum Gasteiger partial charge on any atom is 0.341 e. The molecular weight excluding hydrogens is 396 g/mol. The van der Waals surface area contributed by atoms with Gasteiger partial charge in [0.15, 0.2) is 5.65 Å². The van der Waals surface area contributed by atoms with E-state index in [1.165, 1.54) is 17.1 Å². The molecule has 5 heterocycles. The summed E-state index contributed by atoms with van der Waals surface area (Å²) in [5.74, 6) is -0.569. The summed E-state index contributed by atoms with van der Waals surface area (Å²) in [6, 6.07) is 1.82. The van der Waals surface area contributed by atoms with Crippen molar-refractivity contribution in [2.45, 2.75) is 12.5 Å². The van der Waals surface area contributed by atoms with Crippen LogP contribution in [0.4, 0.5) is 5.82 Å². The quantitative estimate of drug-likeness (QED) is 0.628. The third-order valence-electron chi connectivity index (χ3n) is 5.34. The number of nitrogens with zero attached hydrogens (tertiary/aromatic N) is 5. The van der Waals surface area contributed by atoms with Crippen molar-refractivity contribution in [2.24, 2.45) is 0 Å². The maximum atomic E-state index is 12.8. The molecule has 2 aliphatic rings. The summed E-state index contributed by atoms with van der Waals surface area (Å²) < 4.78 is 11.5. The Morgan fingerprint density at radius 3 is 2.90 bits per heavy atom. The van der Waals surface area contributed by atoms with E-state index in [2.05, 4.69) is 19.6 Å². The van der Waals surface area contributed by atoms with Crippen LogP contribution < -0.4 is 15.6 Å². The normalized spacial score (nSPS) is 18.2. The number of pyridine rings is 2. The monoisotopic (exact) mass is 414 g/mol. The summed E-state index contributed by atoms with van der Waals surface area (Å²) in [5, 5.41) is 13.5. The highest BCUT2D eigenvalue weighted by Gasteiger charge is 2.46. The Labute approximate surface area is 168 Å². The fraction of sp³-hybridized carbons (Fsp3) is 0.389. The predicted molar refractivity (Wildman–Crippen MR) is 106 cm³/mol. The van der Waals surface area contributed by atoms with Crippen LogP contribution in [0.5, 0.6) is 0 Å². The van der Waals surface area contributed by atoms with Gasteiger partial charge in [-0.3, -0.25) is 9.36 Å². The van der Waals surface area contributed by atoms with Crippen LogP contribution >= 0.6 is 11.5 Å². The van der Waals surface area contributed by atoms with E-state index in [0.29, 0.717) is 36.0 Å². The van der Waals surface area contributed by atoms with Crippen LogP contribution in [0.2, 0.25) is 0 Å². The van der Waals surface area contributed by atoms with E-state index in [9.17, 15) is 14.7 Å². The lowest BCUT2D eigenvalue weighted by molar-refractivity contribution is -0.0831. The molecule has 0 radical (unpaired) electrons. The number of anilines is 1. The molecule has 0 aromatic carbocycles. The number of aromatic carboxylic acids is 1. The minimum Gasteiger partial charge on any atom is -0.477 e. The molecule has 2 N–H and O–H groups in total. The highest BCUT2D eigenvalue weighted by Crippen LogP contribution is 2.32. The lowest BCUT2D eigenvalue weighted by atomic mass is 9.92. The zero-order valence-electron chi connectivity index (χ0n) is 15.6. The second-order valence-electron chi connectivity index (χ2n) is 7.33. The zero-order valence-corrected chi connectivity index (χ0v) is 16.4. The van der Waals surface area contributed by atoms with Gasteiger partial charge in [-0.25, -0.2) is 14.8 Å². The van der Waals surface area contributed by atoms with Crippen molar-refractivity contribution in [1.82, 2.24) is 24.2 Å². The van der Waals surface area contributed by atoms with E-state index < -0.39 is 11.4 Å². The molecule has 0 bridgehead atoms. The summed E-state index contributed by atoms with van der Waals surface area (Å²) in [5.41, 5.74) is -0.0375. The number of aromatic nitrogens is 4. The van der Waals surface area contributed by atoms with Crippen LogP contribution in [0.1, 0.15) is 15.9 Å². The Morgan fingerprint density at radius 2 is 2.24 bits per heavy atom. The van der Waals surface area contributed by atoms with Gasteiger partial charge >= 0.3 is 5.97 Å². The van der Waals surface area contributed by atoms with Crippen molar-refractivity contribution in [2.75, 3.05) is 37.7 Å². The van der Waals surface area contributed by atoms with Gasteiger partial charge in [-0.15, -0.1) is 0 Å². The lowest BCUT2D eigenvalue weighted by Gasteiger charge is -2.52. The molecule has 0 saturated carbocycles. The largest absolute Gasteiger partial charge is 0.477 e. The number of nitrogens with one attached hydrogen (secondary N) is 1. The molecule has 3 aromatic heterocycles. The average Bonchev–Trinajstić information content (AvgIpc) is 3.20. The SMILES string of the molecule is Cc1cc(N2CC3(CNCCO3)C2)nc2c1c(=O)c(C(=O)O)cn2-c1ncns1. The molecular formula is C18H18N6O4S. The van der Waals surface area contributed by atoms with E-state index in [4.69, 9.17) is 9.72 Å². The molecule has 2 saturated heterocycles. The van der Waals surface area contributed by atoms with E-state index in [0.717, 1.165) is 30.4 Å². The fourth-order valence-electron chi connectivity index (χ4n) is 3.93. The van der Waals surface area contributed by atoms with Crippen LogP contribution in [0, 0.1) is 6.92 Å². The van der Waals surface area contributed by atoms with Gasteiger partial charge in [-0.2, -0.15) is 4.37 Å². The first-order valence-electron chi connectivity index (χ1n) is 9.14. The molecule has 10 nitrogen and oxygen atoms in total. The summed E-state index contributed by atoms with van der Waals surface area (Å²) in [4.78, 5) is 35.4. The number of hydrogen-bond acceptors (Lipinski definition) is 9. The number of rotatable bonds is 3. The van der Waals surface area contributed by atoms with Gasteiger partial charge in [-0.05, 0) is 18.6 Å². The average molecular weight is 414 g/mol. The second kappa shape index (κ2) is 6.58. The van der Waals surface area contributed by atoms with Crippen LogP contribution in [-0.4, -0.2) is 68.4 Å². The third kappa shape index (κ3) is 2.89. The summed E-state index contributed by atoms with van der Waals surface area (Å²) in [7, 11) is 0. The van der Waals surface area contributed by atoms with Gasteiger partial charge in [0.25, 0.3) is 0 Å². The van der Waals surface area contributed by atoms with Gasteiger partial charge in [0, 0.05) is 30.8 Å². The van der Waals surface area contributed by atoms with Crippen LogP contribution in [0.15, 0.2) is 23.4 Å². The first kappa shape index (κ1) is 18.2. The molecule has 0 atom stereocenters. The van der Waals surface area contributed by atoms with Gasteiger partial charge in [-0.1, -0.05) is 0 Å². The molecule has 1 spiro atoms. The number of aryl methyl sites for hydroxylation is 1. The van der Waals surface area contributed by atoms with Crippen molar-refractivity contribution in [3.63, 3.8) is 0 Å². The zero-order chi connectivity index (χ0) is 20.2. The minimum atomic E-state index is -1.29. The molecule has 0 amide bonds. The summed E-state index contributed by atoms with van der Waals surface area (Å²) in [6.45, 7) is 5.54. The highest BCUT2D eigenvalue weighted by atomic mass is 32.1. The maximum absolute atomic E-state index is 12.8. The van der Waals surface area contributed by atoms with Gasteiger partial charge < -0.3 is 20.1 Å². The predicted octanol–water partition coefficient (Wildman–Crippen LogP) is 0.422. The molecule has 2 fully saturated rings. The first-order chi connectivity index (χ1) is 14.0. The second-order valence-corrected chi connectivity index (χ2v) is 8.09. The Hall–Kier alpha value is -2.89. The number of carbonyl (C=O) groups is 1. The van der Waals surface area contributed by atoms with E-state index >= 15 is 0 Å². The van der Waals surface area contributed by atoms with Gasteiger partial charge in [0.05, 0.1) is 25.1 Å². The topological polar surface area (TPSA) is 122 Å². The third-order valence-corrected chi connectivity index (χ3v) is 6.01. The smallest absolute Gasteiger partial charge is 0.341 e. The lowest BCUT2D eigenvalue weighted by Crippen LogP contribution is -2.70. The highest BCUT2D eigenvalue weighted by molar-refractivity contribution is 7.08. The number of ether oxygens (including phenoxy) is 1. The van der Waals surface area contributed by atoms with E-state index in [-0.39, 0.29) is 16.6 Å². The molecule has 3 aromatic rings. The fourth-order valence-corrected chi connectivity index (χ4v) is 4.44. The number of carboxylic acids is 1. The first-order valence-corrected chi connectivity index (χ1v) is 9.92. The molecule has 150 valence electrons. The van der Waals surface area contributed by atoms with Crippen molar-refractivity contribution in [3.05, 3.63) is 39.9 Å². The molecule has 29 heavy (non-hydrogen) atoms. The number of hydrogen-bond donors (Lipinski definition) is 2. The standard InChI is InChI=1S/C18H18N6O4S/c1-10-4-12(23-7-18(8-23)6-19-2-3-28-18)22-15-13(10)14(25)11(16(26)27)5-24(15)17-20-9-21-29-17/h4-5,9,19H,2-3,6-8H2,1H3,(H,26,27). The Kier molecular flexibility index (Phi) is 4.12. The minimum absolute atomic E-state index is 0.200. The summed E-state index contributed by atoms with van der Waals surface area (Å²) in [6.07, 6.45) is 2.66. The summed E-state index contributed by atoms with van der Waals surface area (Å²) >= 11 is 1.10.